The lowest BCUT2D eigenvalue weighted by Gasteiger charge is -2.19. The maximum Gasteiger partial charge on any atom is 0.254 e. The van der Waals surface area contributed by atoms with Crippen LogP contribution in [0.25, 0.3) is 0 Å². The van der Waals surface area contributed by atoms with Crippen molar-refractivity contribution >= 4 is 17.2 Å². The molecule has 0 saturated carbocycles. The third kappa shape index (κ3) is 2.88. The van der Waals surface area contributed by atoms with E-state index in [9.17, 15) is 4.79 Å². The SMILES string of the molecule is O=C(c1ccsc1)N1CCc2ncnc([C@H]3CCOC3)c2CC1. The van der Waals surface area contributed by atoms with Crippen molar-refractivity contribution in [2.75, 3.05) is 26.3 Å². The Labute approximate surface area is 139 Å². The number of nitrogens with zero attached hydrogens (tertiary/aromatic N) is 3. The molecule has 4 rings (SSSR count). The second-order valence-corrected chi connectivity index (χ2v) is 6.83. The molecule has 5 nitrogen and oxygen atoms in total. The number of carbonyl (C=O) groups is 1. The van der Waals surface area contributed by atoms with Crippen LogP contribution in [0.15, 0.2) is 23.2 Å². The molecule has 0 spiro atoms. The van der Waals surface area contributed by atoms with Crippen molar-refractivity contribution in [1.82, 2.24) is 14.9 Å². The third-order valence-electron chi connectivity index (χ3n) is 4.69. The van der Waals surface area contributed by atoms with Crippen molar-refractivity contribution in [3.05, 3.63) is 45.7 Å². The maximum absolute atomic E-state index is 12.6. The Bertz CT molecular complexity index is 696. The number of thiophene rings is 1. The standard InChI is InChI=1S/C17H19N3O2S/c21-17(13-4-8-23-10-13)20-5-1-14-15(2-6-20)18-11-19-16(14)12-3-7-22-9-12/h4,8,10-12H,1-3,5-7,9H2/t12-/m0/s1. The van der Waals surface area contributed by atoms with Crippen LogP contribution in [0.3, 0.4) is 0 Å². The summed E-state index contributed by atoms with van der Waals surface area (Å²) in [6, 6.07) is 1.89. The van der Waals surface area contributed by atoms with Gasteiger partial charge in [-0.15, -0.1) is 0 Å². The lowest BCUT2D eigenvalue weighted by atomic mass is 9.96. The van der Waals surface area contributed by atoms with Crippen molar-refractivity contribution in [3.8, 4) is 0 Å². The van der Waals surface area contributed by atoms with Crippen LogP contribution in [0.1, 0.15) is 39.6 Å². The van der Waals surface area contributed by atoms with Gasteiger partial charge in [0.15, 0.2) is 0 Å². The molecule has 0 aliphatic carbocycles. The molecule has 0 bridgehead atoms. The second-order valence-electron chi connectivity index (χ2n) is 6.05. The van der Waals surface area contributed by atoms with Crippen LogP contribution < -0.4 is 0 Å². The van der Waals surface area contributed by atoms with Gasteiger partial charge in [-0.1, -0.05) is 0 Å². The Morgan fingerprint density at radius 3 is 3.00 bits per heavy atom. The number of ether oxygens (including phenoxy) is 1. The molecule has 6 heteroatoms. The van der Waals surface area contributed by atoms with Gasteiger partial charge < -0.3 is 9.64 Å². The number of hydrogen-bond acceptors (Lipinski definition) is 5. The highest BCUT2D eigenvalue weighted by atomic mass is 32.1. The molecule has 0 aromatic carbocycles. The molecule has 1 saturated heterocycles. The van der Waals surface area contributed by atoms with Gasteiger partial charge in [0.1, 0.15) is 6.33 Å². The van der Waals surface area contributed by atoms with Gasteiger partial charge in [0.25, 0.3) is 5.91 Å². The van der Waals surface area contributed by atoms with Gasteiger partial charge in [-0.3, -0.25) is 4.79 Å². The van der Waals surface area contributed by atoms with Gasteiger partial charge >= 0.3 is 0 Å². The molecule has 4 heterocycles. The molecule has 1 amide bonds. The van der Waals surface area contributed by atoms with Gasteiger partial charge in [0.05, 0.1) is 17.9 Å². The van der Waals surface area contributed by atoms with Gasteiger partial charge in [0.2, 0.25) is 0 Å². The quantitative estimate of drug-likeness (QED) is 0.848. The summed E-state index contributed by atoms with van der Waals surface area (Å²) in [5, 5.41) is 3.87. The average molecular weight is 329 g/mol. The molecular weight excluding hydrogens is 310 g/mol. The van der Waals surface area contributed by atoms with E-state index in [1.54, 1.807) is 17.7 Å². The molecule has 23 heavy (non-hydrogen) atoms. The molecule has 0 unspecified atom stereocenters. The topological polar surface area (TPSA) is 55.3 Å². The predicted octanol–water partition coefficient (Wildman–Crippen LogP) is 2.28. The predicted molar refractivity (Wildman–Crippen MR) is 87.8 cm³/mol. The molecular formula is C17H19N3O2S. The van der Waals surface area contributed by atoms with Crippen LogP contribution in [0.2, 0.25) is 0 Å². The zero-order chi connectivity index (χ0) is 15.6. The number of hydrogen-bond donors (Lipinski definition) is 0. The Hall–Kier alpha value is -1.79. The number of fused-ring (bicyclic) bond motifs is 1. The normalized spacial score (nSPS) is 21.0. The number of carbonyl (C=O) groups excluding carboxylic acids is 1. The van der Waals surface area contributed by atoms with Gasteiger partial charge in [-0.25, -0.2) is 9.97 Å². The van der Waals surface area contributed by atoms with Gasteiger partial charge in [-0.2, -0.15) is 11.3 Å². The summed E-state index contributed by atoms with van der Waals surface area (Å²) in [7, 11) is 0. The summed E-state index contributed by atoms with van der Waals surface area (Å²) in [5.74, 6) is 0.503. The molecule has 2 aromatic rings. The highest BCUT2D eigenvalue weighted by molar-refractivity contribution is 7.08. The van der Waals surface area contributed by atoms with E-state index in [0.717, 1.165) is 62.5 Å². The van der Waals surface area contributed by atoms with E-state index < -0.39 is 0 Å². The van der Waals surface area contributed by atoms with Crippen LogP contribution in [-0.4, -0.2) is 47.1 Å². The third-order valence-corrected chi connectivity index (χ3v) is 5.37. The Morgan fingerprint density at radius 1 is 1.30 bits per heavy atom. The zero-order valence-electron chi connectivity index (χ0n) is 12.9. The molecule has 2 aromatic heterocycles. The van der Waals surface area contributed by atoms with Gasteiger partial charge in [0, 0.05) is 43.1 Å². The van der Waals surface area contributed by atoms with Crippen LogP contribution in [0, 0.1) is 0 Å². The molecule has 2 aliphatic heterocycles. The zero-order valence-corrected chi connectivity index (χ0v) is 13.7. The first-order chi connectivity index (χ1) is 11.3. The van der Waals surface area contributed by atoms with Crippen molar-refractivity contribution in [2.24, 2.45) is 0 Å². The molecule has 1 atom stereocenters. The molecule has 0 radical (unpaired) electrons. The van der Waals surface area contributed by atoms with E-state index in [1.807, 2.05) is 21.7 Å². The number of aromatic nitrogens is 2. The summed E-state index contributed by atoms with van der Waals surface area (Å²) in [6.07, 6.45) is 4.33. The lowest BCUT2D eigenvalue weighted by Crippen LogP contribution is -2.33. The molecule has 1 fully saturated rings. The van der Waals surface area contributed by atoms with Crippen LogP contribution in [0.4, 0.5) is 0 Å². The Morgan fingerprint density at radius 2 is 2.22 bits per heavy atom. The van der Waals surface area contributed by atoms with E-state index in [0.29, 0.717) is 5.92 Å². The first-order valence-electron chi connectivity index (χ1n) is 8.05. The number of rotatable bonds is 2. The summed E-state index contributed by atoms with van der Waals surface area (Å²) >= 11 is 1.56. The first kappa shape index (κ1) is 14.8. The minimum absolute atomic E-state index is 0.123. The van der Waals surface area contributed by atoms with Crippen LogP contribution in [-0.2, 0) is 17.6 Å². The second kappa shape index (κ2) is 6.37. The smallest absolute Gasteiger partial charge is 0.254 e. The monoisotopic (exact) mass is 329 g/mol. The highest BCUT2D eigenvalue weighted by Crippen LogP contribution is 2.29. The van der Waals surface area contributed by atoms with Crippen molar-refractivity contribution < 1.29 is 9.53 Å². The minimum atomic E-state index is 0.123. The fraction of sp³-hybridized carbons (Fsp3) is 0.471. The largest absolute Gasteiger partial charge is 0.381 e. The minimum Gasteiger partial charge on any atom is -0.381 e. The summed E-state index contributed by atoms with van der Waals surface area (Å²) in [6.45, 7) is 3.02. The highest BCUT2D eigenvalue weighted by Gasteiger charge is 2.27. The fourth-order valence-electron chi connectivity index (χ4n) is 3.43. The fourth-order valence-corrected chi connectivity index (χ4v) is 4.06. The van der Waals surface area contributed by atoms with Crippen molar-refractivity contribution in [3.63, 3.8) is 0 Å². The van der Waals surface area contributed by atoms with Crippen LogP contribution in [0.5, 0.6) is 0 Å². The van der Waals surface area contributed by atoms with E-state index in [4.69, 9.17) is 4.74 Å². The van der Waals surface area contributed by atoms with E-state index in [2.05, 4.69) is 9.97 Å². The molecule has 120 valence electrons. The lowest BCUT2D eigenvalue weighted by molar-refractivity contribution is 0.0763. The summed E-state index contributed by atoms with van der Waals surface area (Å²) < 4.78 is 5.52. The summed E-state index contributed by atoms with van der Waals surface area (Å²) in [4.78, 5) is 23.5. The Balaban J connectivity index is 1.56. The summed E-state index contributed by atoms with van der Waals surface area (Å²) in [5.41, 5.74) is 4.26. The Kier molecular flexibility index (Phi) is 4.10. The van der Waals surface area contributed by atoms with Crippen molar-refractivity contribution in [1.29, 1.82) is 0 Å². The van der Waals surface area contributed by atoms with Crippen LogP contribution >= 0.6 is 11.3 Å². The van der Waals surface area contributed by atoms with Gasteiger partial charge in [-0.05, 0) is 29.9 Å². The van der Waals surface area contributed by atoms with Crippen molar-refractivity contribution in [2.45, 2.75) is 25.2 Å². The van der Waals surface area contributed by atoms with E-state index >= 15 is 0 Å². The van der Waals surface area contributed by atoms with E-state index in [1.165, 1.54) is 5.56 Å². The average Bonchev–Trinajstić information content (AvgIpc) is 3.24. The number of amides is 1. The molecule has 2 aliphatic rings. The maximum atomic E-state index is 12.6. The van der Waals surface area contributed by atoms with E-state index in [-0.39, 0.29) is 5.91 Å². The first-order valence-corrected chi connectivity index (χ1v) is 8.99. The molecule has 0 N–H and O–H groups in total.